The summed E-state index contributed by atoms with van der Waals surface area (Å²) in [4.78, 5) is 26.8. The molecule has 0 bridgehead atoms. The Balaban J connectivity index is 2.14. The highest BCUT2D eigenvalue weighted by Gasteiger charge is 2.27. The van der Waals surface area contributed by atoms with Gasteiger partial charge in [0.1, 0.15) is 5.82 Å². The highest BCUT2D eigenvalue weighted by molar-refractivity contribution is 5.94. The molecule has 5 heteroatoms. The van der Waals surface area contributed by atoms with Crippen molar-refractivity contribution >= 4 is 17.4 Å². The molecule has 0 N–H and O–H groups in total. The van der Waals surface area contributed by atoms with Crippen molar-refractivity contribution in [2.75, 3.05) is 24.5 Å². The molecule has 0 saturated carbocycles. The minimum atomic E-state index is -0.384. The lowest BCUT2D eigenvalue weighted by atomic mass is 10.1. The third kappa shape index (κ3) is 3.23. The fourth-order valence-corrected chi connectivity index (χ4v) is 2.73. The van der Waals surface area contributed by atoms with Crippen LogP contribution in [0.25, 0.3) is 0 Å². The van der Waals surface area contributed by atoms with Gasteiger partial charge in [0, 0.05) is 37.7 Å². The summed E-state index contributed by atoms with van der Waals surface area (Å²) in [6.07, 6.45) is 0.492. The molecule has 1 aliphatic rings. The van der Waals surface area contributed by atoms with Crippen LogP contribution in [0.4, 0.5) is 10.1 Å². The fraction of sp³-hybridized carbons (Fsp3) is 0.500. The summed E-state index contributed by atoms with van der Waals surface area (Å²) in [5.74, 6) is -0.396. The lowest BCUT2D eigenvalue weighted by Crippen LogP contribution is -2.54. The van der Waals surface area contributed by atoms with Gasteiger partial charge in [-0.05, 0) is 32.0 Å². The van der Waals surface area contributed by atoms with E-state index in [0.717, 1.165) is 0 Å². The monoisotopic (exact) mass is 292 g/mol. The Labute approximate surface area is 124 Å². The summed E-state index contributed by atoms with van der Waals surface area (Å²) in [5, 5.41) is 0. The van der Waals surface area contributed by atoms with E-state index in [-0.39, 0.29) is 23.5 Å². The Hall–Kier alpha value is -1.91. The van der Waals surface area contributed by atoms with Gasteiger partial charge in [-0.25, -0.2) is 4.39 Å². The van der Waals surface area contributed by atoms with E-state index in [1.165, 1.54) is 13.0 Å². The maximum Gasteiger partial charge on any atom is 0.222 e. The molecule has 1 fully saturated rings. The van der Waals surface area contributed by atoms with Crippen LogP contribution in [0.15, 0.2) is 18.2 Å². The second-order valence-electron chi connectivity index (χ2n) is 5.46. The van der Waals surface area contributed by atoms with E-state index in [1.807, 2.05) is 23.6 Å². The Bertz CT molecular complexity index is 559. The second-order valence-corrected chi connectivity index (χ2v) is 5.46. The summed E-state index contributed by atoms with van der Waals surface area (Å²) in [6.45, 7) is 7.05. The standard InChI is InChI=1S/C16H21FN2O2/c1-4-16(21)19-8-7-18(10-11(19)2)15-6-5-13(12(3)20)9-14(15)17/h5-6,9,11H,4,7-8,10H2,1-3H3. The SMILES string of the molecule is CCC(=O)N1CCN(c2ccc(C(C)=O)cc2F)CC1C. The molecular formula is C16H21FN2O2. The van der Waals surface area contributed by atoms with E-state index in [0.29, 0.717) is 37.3 Å². The van der Waals surface area contributed by atoms with Crippen LogP contribution in [-0.4, -0.2) is 42.3 Å². The highest BCUT2D eigenvalue weighted by Crippen LogP contribution is 2.24. The van der Waals surface area contributed by atoms with Crippen molar-refractivity contribution in [3.63, 3.8) is 0 Å². The summed E-state index contributed by atoms with van der Waals surface area (Å²) in [5.41, 5.74) is 0.875. The third-order valence-electron chi connectivity index (χ3n) is 3.95. The first-order valence-corrected chi connectivity index (χ1v) is 7.29. The van der Waals surface area contributed by atoms with Crippen LogP contribution in [0.2, 0.25) is 0 Å². The minimum absolute atomic E-state index is 0.0538. The number of carbonyl (C=O) groups excluding carboxylic acids is 2. The number of carbonyl (C=O) groups is 2. The molecule has 0 aliphatic carbocycles. The molecule has 1 atom stereocenters. The van der Waals surface area contributed by atoms with Crippen LogP contribution < -0.4 is 4.90 Å². The van der Waals surface area contributed by atoms with Crippen molar-refractivity contribution in [1.29, 1.82) is 0 Å². The summed E-state index contributed by atoms with van der Waals surface area (Å²) in [6, 6.07) is 4.63. The molecule has 2 rings (SSSR count). The summed E-state index contributed by atoms with van der Waals surface area (Å²) in [7, 11) is 0. The number of halogens is 1. The van der Waals surface area contributed by atoms with Gasteiger partial charge in [0.15, 0.2) is 5.78 Å². The molecule has 1 saturated heterocycles. The molecule has 4 nitrogen and oxygen atoms in total. The van der Waals surface area contributed by atoms with Gasteiger partial charge in [-0.2, -0.15) is 0 Å². The zero-order chi connectivity index (χ0) is 15.6. The van der Waals surface area contributed by atoms with Crippen molar-refractivity contribution in [1.82, 2.24) is 4.90 Å². The number of rotatable bonds is 3. The van der Waals surface area contributed by atoms with E-state index >= 15 is 0 Å². The third-order valence-corrected chi connectivity index (χ3v) is 3.95. The predicted octanol–water partition coefficient (Wildman–Crippen LogP) is 2.48. The molecule has 21 heavy (non-hydrogen) atoms. The minimum Gasteiger partial charge on any atom is -0.365 e. The van der Waals surface area contributed by atoms with Crippen molar-refractivity contribution in [2.45, 2.75) is 33.2 Å². The average Bonchev–Trinajstić information content (AvgIpc) is 2.46. The Morgan fingerprint density at radius 2 is 2.05 bits per heavy atom. The molecule has 1 heterocycles. The molecule has 1 unspecified atom stereocenters. The average molecular weight is 292 g/mol. The molecule has 114 valence electrons. The molecule has 0 aromatic heterocycles. The van der Waals surface area contributed by atoms with Crippen LogP contribution >= 0.6 is 0 Å². The smallest absolute Gasteiger partial charge is 0.222 e. The quantitative estimate of drug-likeness (QED) is 0.804. The van der Waals surface area contributed by atoms with E-state index in [2.05, 4.69) is 0 Å². The number of Topliss-reactive ketones (excluding diaryl/α,β-unsaturated/α-hetero) is 1. The van der Waals surface area contributed by atoms with Gasteiger partial charge in [-0.1, -0.05) is 6.92 Å². The van der Waals surface area contributed by atoms with Crippen LogP contribution in [0.3, 0.4) is 0 Å². The van der Waals surface area contributed by atoms with Crippen molar-refractivity contribution in [3.05, 3.63) is 29.6 Å². The number of ketones is 1. The van der Waals surface area contributed by atoms with Gasteiger partial charge in [-0.3, -0.25) is 9.59 Å². The molecular weight excluding hydrogens is 271 g/mol. The number of nitrogens with zero attached hydrogens (tertiary/aromatic N) is 2. The molecule has 0 spiro atoms. The van der Waals surface area contributed by atoms with Gasteiger partial charge in [0.2, 0.25) is 5.91 Å². The number of anilines is 1. The van der Waals surface area contributed by atoms with E-state index in [4.69, 9.17) is 0 Å². The van der Waals surface area contributed by atoms with Crippen LogP contribution in [0, 0.1) is 5.82 Å². The van der Waals surface area contributed by atoms with E-state index < -0.39 is 0 Å². The van der Waals surface area contributed by atoms with Crippen LogP contribution in [-0.2, 0) is 4.79 Å². The zero-order valence-electron chi connectivity index (χ0n) is 12.7. The van der Waals surface area contributed by atoms with E-state index in [1.54, 1.807) is 12.1 Å². The molecule has 1 aromatic carbocycles. The van der Waals surface area contributed by atoms with Crippen LogP contribution in [0.5, 0.6) is 0 Å². The second kappa shape index (κ2) is 6.24. The molecule has 1 aliphatic heterocycles. The van der Waals surface area contributed by atoms with Gasteiger partial charge in [-0.15, -0.1) is 0 Å². The first-order valence-electron chi connectivity index (χ1n) is 7.29. The molecule has 1 amide bonds. The van der Waals surface area contributed by atoms with Gasteiger partial charge >= 0.3 is 0 Å². The lowest BCUT2D eigenvalue weighted by Gasteiger charge is -2.41. The van der Waals surface area contributed by atoms with Crippen molar-refractivity contribution in [2.24, 2.45) is 0 Å². The lowest BCUT2D eigenvalue weighted by molar-refractivity contribution is -0.133. The summed E-state index contributed by atoms with van der Waals surface area (Å²) < 4.78 is 14.2. The topological polar surface area (TPSA) is 40.6 Å². The Morgan fingerprint density at radius 3 is 2.57 bits per heavy atom. The van der Waals surface area contributed by atoms with Crippen molar-refractivity contribution in [3.8, 4) is 0 Å². The van der Waals surface area contributed by atoms with Gasteiger partial charge < -0.3 is 9.80 Å². The predicted molar refractivity (Wildman–Crippen MR) is 80.1 cm³/mol. The number of amides is 1. The first kappa shape index (κ1) is 15.5. The maximum atomic E-state index is 14.2. The van der Waals surface area contributed by atoms with Crippen molar-refractivity contribution < 1.29 is 14.0 Å². The number of hydrogen-bond donors (Lipinski definition) is 0. The molecule has 1 aromatic rings. The van der Waals surface area contributed by atoms with Gasteiger partial charge in [0.05, 0.1) is 5.69 Å². The Morgan fingerprint density at radius 1 is 1.33 bits per heavy atom. The maximum absolute atomic E-state index is 14.2. The first-order chi connectivity index (χ1) is 9.93. The Kier molecular flexibility index (Phi) is 4.60. The van der Waals surface area contributed by atoms with Crippen LogP contribution in [0.1, 0.15) is 37.6 Å². The fourth-order valence-electron chi connectivity index (χ4n) is 2.73. The number of piperazine rings is 1. The highest BCUT2D eigenvalue weighted by atomic mass is 19.1. The summed E-state index contributed by atoms with van der Waals surface area (Å²) >= 11 is 0. The van der Waals surface area contributed by atoms with Gasteiger partial charge in [0.25, 0.3) is 0 Å². The number of hydrogen-bond acceptors (Lipinski definition) is 3. The molecule has 0 radical (unpaired) electrons. The largest absolute Gasteiger partial charge is 0.365 e. The number of benzene rings is 1. The van der Waals surface area contributed by atoms with E-state index in [9.17, 15) is 14.0 Å². The zero-order valence-corrected chi connectivity index (χ0v) is 12.7. The normalized spacial score (nSPS) is 18.8.